The largest absolute Gasteiger partial charge is 0.366 e. The minimum Gasteiger partial charge on any atom is -0.366 e. The van der Waals surface area contributed by atoms with Crippen LogP contribution in [0.2, 0.25) is 0 Å². The molecule has 1 saturated heterocycles. The van der Waals surface area contributed by atoms with Gasteiger partial charge in [-0.05, 0) is 62.1 Å². The van der Waals surface area contributed by atoms with Gasteiger partial charge in [0.05, 0.1) is 15.7 Å². The van der Waals surface area contributed by atoms with Crippen LogP contribution in [0.4, 0.5) is 0 Å². The molecule has 2 aliphatic rings. The number of fused-ring (bicyclic) bond motifs is 1. The summed E-state index contributed by atoms with van der Waals surface area (Å²) in [5.74, 6) is 0.217. The van der Waals surface area contributed by atoms with E-state index in [2.05, 4.69) is 20.8 Å². The number of aryl methyl sites for hydroxylation is 1. The van der Waals surface area contributed by atoms with E-state index >= 15 is 0 Å². The quantitative estimate of drug-likeness (QED) is 0.632. The van der Waals surface area contributed by atoms with Gasteiger partial charge in [-0.15, -0.1) is 0 Å². The van der Waals surface area contributed by atoms with E-state index in [0.717, 1.165) is 30.4 Å². The first-order valence-electron chi connectivity index (χ1n) is 10.7. The van der Waals surface area contributed by atoms with Gasteiger partial charge in [-0.1, -0.05) is 68.3 Å². The summed E-state index contributed by atoms with van der Waals surface area (Å²) < 4.78 is 34.3. The van der Waals surface area contributed by atoms with Crippen LogP contribution in [0.25, 0.3) is 0 Å². The Hall–Kier alpha value is -1.65. The lowest BCUT2D eigenvalue weighted by molar-refractivity contribution is -0.199. The van der Waals surface area contributed by atoms with Gasteiger partial charge < -0.3 is 4.74 Å². The summed E-state index contributed by atoms with van der Waals surface area (Å²) in [6.45, 7) is 8.72. The predicted octanol–water partition coefficient (Wildman–Crippen LogP) is 5.88. The molecule has 4 rings (SSSR count). The van der Waals surface area contributed by atoms with E-state index in [9.17, 15) is 8.42 Å². The zero-order valence-electron chi connectivity index (χ0n) is 17.9. The summed E-state index contributed by atoms with van der Waals surface area (Å²) in [4.78, 5) is 0.398. The molecule has 0 aromatic heterocycles. The molecule has 0 bridgehead atoms. The number of benzene rings is 2. The Kier molecular flexibility index (Phi) is 5.15. The average molecular weight is 413 g/mol. The molecule has 0 unspecified atom stereocenters. The zero-order valence-corrected chi connectivity index (χ0v) is 18.7. The molecule has 4 atom stereocenters. The van der Waals surface area contributed by atoms with E-state index in [1.807, 2.05) is 49.4 Å². The van der Waals surface area contributed by atoms with Gasteiger partial charge in [0.25, 0.3) is 0 Å². The molecule has 4 heteroatoms. The normalized spacial score (nSPS) is 31.8. The topological polar surface area (TPSA) is 43.4 Å². The van der Waals surface area contributed by atoms with Crippen molar-refractivity contribution in [2.45, 2.75) is 75.2 Å². The maximum atomic E-state index is 13.8. The monoisotopic (exact) mass is 412 g/mol. The fourth-order valence-electron chi connectivity index (χ4n) is 5.62. The second kappa shape index (κ2) is 7.24. The Morgan fingerprint density at radius 2 is 1.59 bits per heavy atom. The standard InChI is InChI=1S/C25H32O3S/c1-18-11-13-20(14-12-18)29(26,27)21-17-22-24(2,3)15-8-16-25(22,4)28-23(21)19-9-6-5-7-10-19/h5-7,9-14,21-23H,8,15-17H2,1-4H3/t21-,22+,23-,25+/m1/s1. The van der Waals surface area contributed by atoms with Gasteiger partial charge >= 0.3 is 0 Å². The van der Waals surface area contributed by atoms with E-state index in [1.165, 1.54) is 0 Å². The second-order valence-electron chi connectivity index (χ2n) is 9.79. The molecule has 2 fully saturated rings. The third kappa shape index (κ3) is 3.66. The first kappa shape index (κ1) is 20.6. The molecular weight excluding hydrogens is 380 g/mol. The van der Waals surface area contributed by atoms with Crippen molar-refractivity contribution in [3.63, 3.8) is 0 Å². The van der Waals surface area contributed by atoms with E-state index in [1.54, 1.807) is 12.1 Å². The molecule has 2 aromatic rings. The lowest BCUT2D eigenvalue weighted by Crippen LogP contribution is -2.56. The van der Waals surface area contributed by atoms with Gasteiger partial charge in [-0.2, -0.15) is 0 Å². The van der Waals surface area contributed by atoms with Crippen molar-refractivity contribution in [3.8, 4) is 0 Å². The molecule has 1 aliphatic heterocycles. The number of rotatable bonds is 3. The molecule has 3 nitrogen and oxygen atoms in total. The van der Waals surface area contributed by atoms with Gasteiger partial charge in [0.2, 0.25) is 0 Å². The lowest BCUT2D eigenvalue weighted by Gasteiger charge is -2.56. The molecule has 0 spiro atoms. The van der Waals surface area contributed by atoms with Crippen molar-refractivity contribution >= 4 is 9.84 Å². The SMILES string of the molecule is Cc1ccc(S(=O)(=O)[C@@H]2C[C@H]3C(C)(C)CCC[C@]3(C)O[C@@H]2c2ccccc2)cc1. The molecular formula is C25H32O3S. The van der Waals surface area contributed by atoms with Crippen molar-refractivity contribution < 1.29 is 13.2 Å². The highest BCUT2D eigenvalue weighted by molar-refractivity contribution is 7.92. The summed E-state index contributed by atoms with van der Waals surface area (Å²) in [5.41, 5.74) is 1.79. The predicted molar refractivity (Wildman–Crippen MR) is 117 cm³/mol. The average Bonchev–Trinajstić information content (AvgIpc) is 2.67. The lowest BCUT2D eigenvalue weighted by atomic mass is 9.59. The van der Waals surface area contributed by atoms with Crippen LogP contribution in [0.15, 0.2) is 59.5 Å². The minimum atomic E-state index is -3.53. The number of hydrogen-bond donors (Lipinski definition) is 0. The minimum absolute atomic E-state index is 0.0652. The Bertz CT molecular complexity index is 963. The Labute approximate surface area is 175 Å². The molecule has 2 aromatic carbocycles. The fourth-order valence-corrected chi connectivity index (χ4v) is 7.47. The maximum absolute atomic E-state index is 13.8. The van der Waals surface area contributed by atoms with E-state index in [0.29, 0.717) is 11.3 Å². The van der Waals surface area contributed by atoms with Crippen molar-refractivity contribution in [3.05, 3.63) is 65.7 Å². The zero-order chi connectivity index (χ0) is 20.9. The third-order valence-electron chi connectivity index (χ3n) is 7.25. The Balaban J connectivity index is 1.81. The second-order valence-corrected chi connectivity index (χ2v) is 12.0. The van der Waals surface area contributed by atoms with Crippen LogP contribution in [0, 0.1) is 18.3 Å². The van der Waals surface area contributed by atoms with Crippen molar-refractivity contribution in [2.24, 2.45) is 11.3 Å². The molecule has 156 valence electrons. The molecule has 0 amide bonds. The summed E-state index contributed by atoms with van der Waals surface area (Å²) in [5, 5.41) is -0.581. The number of sulfone groups is 1. The van der Waals surface area contributed by atoms with Gasteiger partial charge in [0, 0.05) is 0 Å². The van der Waals surface area contributed by atoms with E-state index in [4.69, 9.17) is 4.74 Å². The third-order valence-corrected chi connectivity index (χ3v) is 9.42. The van der Waals surface area contributed by atoms with Crippen LogP contribution in [0.1, 0.15) is 63.7 Å². The molecule has 0 radical (unpaired) electrons. The summed E-state index contributed by atoms with van der Waals surface area (Å²) in [6.07, 6.45) is 3.42. The Morgan fingerprint density at radius 3 is 2.24 bits per heavy atom. The number of ether oxygens (including phenoxy) is 1. The molecule has 0 N–H and O–H groups in total. The van der Waals surface area contributed by atoms with E-state index in [-0.39, 0.29) is 16.9 Å². The molecule has 1 saturated carbocycles. The van der Waals surface area contributed by atoms with Crippen molar-refractivity contribution in [2.75, 3.05) is 0 Å². The van der Waals surface area contributed by atoms with Crippen LogP contribution in [0.5, 0.6) is 0 Å². The van der Waals surface area contributed by atoms with Crippen molar-refractivity contribution in [1.29, 1.82) is 0 Å². The molecule has 29 heavy (non-hydrogen) atoms. The van der Waals surface area contributed by atoms with Crippen LogP contribution in [0.3, 0.4) is 0 Å². The summed E-state index contributed by atoms with van der Waals surface area (Å²) >= 11 is 0. The van der Waals surface area contributed by atoms with E-state index < -0.39 is 21.2 Å². The summed E-state index contributed by atoms with van der Waals surface area (Å²) in [6, 6.07) is 17.1. The van der Waals surface area contributed by atoms with Crippen LogP contribution < -0.4 is 0 Å². The highest BCUT2D eigenvalue weighted by atomic mass is 32.2. The number of hydrogen-bond acceptors (Lipinski definition) is 3. The van der Waals surface area contributed by atoms with Gasteiger partial charge in [-0.3, -0.25) is 0 Å². The smallest absolute Gasteiger partial charge is 0.184 e. The highest BCUT2D eigenvalue weighted by Gasteiger charge is 2.56. The van der Waals surface area contributed by atoms with Crippen LogP contribution in [-0.4, -0.2) is 19.3 Å². The van der Waals surface area contributed by atoms with Crippen LogP contribution >= 0.6 is 0 Å². The first-order chi connectivity index (χ1) is 13.6. The summed E-state index contributed by atoms with van der Waals surface area (Å²) in [7, 11) is -3.53. The first-order valence-corrected chi connectivity index (χ1v) is 12.2. The fraction of sp³-hybridized carbons (Fsp3) is 0.520. The Morgan fingerprint density at radius 1 is 0.931 bits per heavy atom. The molecule has 1 heterocycles. The van der Waals surface area contributed by atoms with Crippen LogP contribution in [-0.2, 0) is 14.6 Å². The van der Waals surface area contributed by atoms with Gasteiger partial charge in [-0.25, -0.2) is 8.42 Å². The van der Waals surface area contributed by atoms with Crippen molar-refractivity contribution in [1.82, 2.24) is 0 Å². The van der Waals surface area contributed by atoms with Gasteiger partial charge in [0.1, 0.15) is 6.10 Å². The van der Waals surface area contributed by atoms with Gasteiger partial charge in [0.15, 0.2) is 9.84 Å². The highest BCUT2D eigenvalue weighted by Crippen LogP contribution is 2.56. The molecule has 1 aliphatic carbocycles. The maximum Gasteiger partial charge on any atom is 0.184 e.